The van der Waals surface area contributed by atoms with Crippen LogP contribution in [0.15, 0.2) is 96.1 Å². The van der Waals surface area contributed by atoms with Crippen molar-refractivity contribution in [2.45, 2.75) is 54.4 Å². The molecule has 0 aliphatic rings. The van der Waals surface area contributed by atoms with Crippen molar-refractivity contribution in [1.29, 1.82) is 0 Å². The molecule has 3 nitrogen and oxygen atoms in total. The fourth-order valence-electron chi connectivity index (χ4n) is 2.58. The molecule has 166 valence electrons. The third-order valence-electron chi connectivity index (χ3n) is 3.84. The van der Waals surface area contributed by atoms with E-state index >= 15 is 0 Å². The number of carbonyl (C=O) groups is 1. The lowest BCUT2D eigenvalue weighted by atomic mass is 10.0. The Kier molecular flexibility index (Phi) is 16.9. The average Bonchev–Trinajstić information content (AvgIpc) is 2.87. The summed E-state index contributed by atoms with van der Waals surface area (Å²) in [6, 6.07) is 29.7. The Bertz CT molecular complexity index is 829. The first-order valence-electron chi connectivity index (χ1n) is 11.3. The second-order valence-corrected chi connectivity index (χ2v) is 5.78. The quantitative estimate of drug-likeness (QED) is 0.337. The second kappa shape index (κ2) is 18.8. The van der Waals surface area contributed by atoms with E-state index in [-0.39, 0.29) is 5.91 Å². The van der Waals surface area contributed by atoms with Gasteiger partial charge in [-0.1, -0.05) is 133 Å². The average molecular weight is 419 g/mol. The molecule has 3 heteroatoms. The van der Waals surface area contributed by atoms with Crippen LogP contribution in [0.1, 0.15) is 58.2 Å². The van der Waals surface area contributed by atoms with Crippen LogP contribution in [0, 0.1) is 0 Å². The summed E-state index contributed by atoms with van der Waals surface area (Å²) in [6.07, 6.45) is 0.980. The number of hydrogen-bond acceptors (Lipinski definition) is 2. The Morgan fingerprint density at radius 3 is 1.45 bits per heavy atom. The molecule has 0 radical (unpaired) electrons. The standard InChI is InChI=1S/C22H20N2O.3C2H6/c25-22(17-19-12-6-2-7-13-19)24-23-21(20-14-8-3-9-15-20)16-18-10-4-1-5-11-18;3*1-2/h1-15H,16-17H2,(H,24,25);3*1-2H3/b23-21+;;;. The molecule has 0 saturated heterocycles. The largest absolute Gasteiger partial charge is 0.273 e. The zero-order valence-electron chi connectivity index (χ0n) is 19.9. The Morgan fingerprint density at radius 2 is 1.00 bits per heavy atom. The predicted octanol–water partition coefficient (Wildman–Crippen LogP) is 7.07. The molecule has 0 atom stereocenters. The summed E-state index contributed by atoms with van der Waals surface area (Å²) in [5.41, 5.74) is 6.67. The number of benzene rings is 3. The minimum Gasteiger partial charge on any atom is -0.273 e. The van der Waals surface area contributed by atoms with Gasteiger partial charge in [0, 0.05) is 6.42 Å². The Hall–Kier alpha value is -3.20. The van der Waals surface area contributed by atoms with Gasteiger partial charge in [-0.05, 0) is 16.7 Å². The van der Waals surface area contributed by atoms with Gasteiger partial charge in [-0.2, -0.15) is 5.10 Å². The van der Waals surface area contributed by atoms with E-state index in [2.05, 4.69) is 22.7 Å². The molecule has 3 aromatic rings. The molecular weight excluding hydrogens is 380 g/mol. The highest BCUT2D eigenvalue weighted by Gasteiger charge is 2.07. The highest BCUT2D eigenvalue weighted by atomic mass is 16.2. The third-order valence-corrected chi connectivity index (χ3v) is 3.84. The molecule has 0 spiro atoms. The van der Waals surface area contributed by atoms with Crippen LogP contribution in [-0.2, 0) is 17.6 Å². The van der Waals surface area contributed by atoms with E-state index in [1.54, 1.807) is 0 Å². The molecule has 0 fully saturated rings. The van der Waals surface area contributed by atoms with Gasteiger partial charge in [0.25, 0.3) is 0 Å². The van der Waals surface area contributed by atoms with Crippen LogP contribution in [0.5, 0.6) is 0 Å². The number of amides is 1. The molecule has 31 heavy (non-hydrogen) atoms. The van der Waals surface area contributed by atoms with Crippen molar-refractivity contribution in [1.82, 2.24) is 5.43 Å². The van der Waals surface area contributed by atoms with E-state index in [1.165, 1.54) is 0 Å². The summed E-state index contributed by atoms with van der Waals surface area (Å²) in [5, 5.41) is 4.40. The molecular formula is C28H38N2O. The van der Waals surface area contributed by atoms with Gasteiger partial charge >= 0.3 is 0 Å². The monoisotopic (exact) mass is 418 g/mol. The first-order chi connectivity index (χ1) is 15.3. The molecule has 1 N–H and O–H groups in total. The van der Waals surface area contributed by atoms with Gasteiger partial charge in [0.1, 0.15) is 0 Å². The maximum atomic E-state index is 12.2. The van der Waals surface area contributed by atoms with Gasteiger partial charge in [0.05, 0.1) is 12.1 Å². The SMILES string of the molecule is CC.CC.CC.O=C(Cc1ccccc1)N/N=C(\Cc1ccccc1)c1ccccc1. The van der Waals surface area contributed by atoms with Crippen LogP contribution >= 0.6 is 0 Å². The molecule has 0 bridgehead atoms. The van der Waals surface area contributed by atoms with E-state index in [9.17, 15) is 4.79 Å². The van der Waals surface area contributed by atoms with Crippen molar-refractivity contribution in [2.75, 3.05) is 0 Å². The number of carbonyl (C=O) groups excluding carboxylic acids is 1. The second-order valence-electron chi connectivity index (χ2n) is 5.78. The minimum atomic E-state index is -0.118. The zero-order chi connectivity index (χ0) is 23.3. The summed E-state index contributed by atoms with van der Waals surface area (Å²) < 4.78 is 0. The van der Waals surface area contributed by atoms with Crippen LogP contribution in [0.4, 0.5) is 0 Å². The van der Waals surface area contributed by atoms with Crippen molar-refractivity contribution < 1.29 is 4.79 Å². The number of hydrazone groups is 1. The van der Waals surface area contributed by atoms with E-state index in [0.29, 0.717) is 12.8 Å². The lowest BCUT2D eigenvalue weighted by Gasteiger charge is -2.08. The van der Waals surface area contributed by atoms with Crippen LogP contribution < -0.4 is 5.43 Å². The van der Waals surface area contributed by atoms with E-state index in [4.69, 9.17) is 0 Å². The molecule has 0 heterocycles. The van der Waals surface area contributed by atoms with Crippen molar-refractivity contribution in [3.05, 3.63) is 108 Å². The van der Waals surface area contributed by atoms with Gasteiger partial charge < -0.3 is 0 Å². The lowest BCUT2D eigenvalue weighted by Crippen LogP contribution is -2.22. The molecule has 0 unspecified atom stereocenters. The van der Waals surface area contributed by atoms with Crippen molar-refractivity contribution in [3.8, 4) is 0 Å². The van der Waals surface area contributed by atoms with Gasteiger partial charge in [0.15, 0.2) is 0 Å². The first kappa shape index (κ1) is 27.8. The molecule has 1 amide bonds. The summed E-state index contributed by atoms with van der Waals surface area (Å²) in [6.45, 7) is 12.0. The van der Waals surface area contributed by atoms with Gasteiger partial charge in [-0.3, -0.25) is 4.79 Å². The van der Waals surface area contributed by atoms with Crippen LogP contribution in [-0.4, -0.2) is 11.6 Å². The van der Waals surface area contributed by atoms with Crippen molar-refractivity contribution >= 4 is 11.6 Å². The Labute approximate surface area is 189 Å². The van der Waals surface area contributed by atoms with Crippen molar-refractivity contribution in [2.24, 2.45) is 5.10 Å². The van der Waals surface area contributed by atoms with Crippen LogP contribution in [0.3, 0.4) is 0 Å². The Balaban J connectivity index is 0.00000138. The van der Waals surface area contributed by atoms with Crippen LogP contribution in [0.2, 0.25) is 0 Å². The summed E-state index contributed by atoms with van der Waals surface area (Å²) in [5.74, 6) is -0.118. The maximum Gasteiger partial charge on any atom is 0.244 e. The molecule has 0 saturated carbocycles. The van der Waals surface area contributed by atoms with E-state index in [1.807, 2.05) is 120 Å². The number of hydrogen-bond donors (Lipinski definition) is 1. The minimum absolute atomic E-state index is 0.118. The first-order valence-corrected chi connectivity index (χ1v) is 11.3. The van der Waals surface area contributed by atoms with Gasteiger partial charge in [-0.25, -0.2) is 5.43 Å². The van der Waals surface area contributed by atoms with E-state index < -0.39 is 0 Å². The normalized spacial score (nSPS) is 9.55. The number of nitrogens with zero attached hydrogens (tertiary/aromatic N) is 1. The van der Waals surface area contributed by atoms with Crippen molar-refractivity contribution in [3.63, 3.8) is 0 Å². The lowest BCUT2D eigenvalue weighted by molar-refractivity contribution is -0.120. The zero-order valence-corrected chi connectivity index (χ0v) is 19.9. The molecule has 0 aliphatic heterocycles. The van der Waals surface area contributed by atoms with E-state index in [0.717, 1.165) is 22.4 Å². The smallest absolute Gasteiger partial charge is 0.244 e. The highest BCUT2D eigenvalue weighted by molar-refractivity contribution is 6.02. The van der Waals surface area contributed by atoms with Crippen LogP contribution in [0.25, 0.3) is 0 Å². The number of nitrogens with one attached hydrogen (secondary N) is 1. The molecule has 0 aliphatic carbocycles. The maximum absolute atomic E-state index is 12.2. The Morgan fingerprint density at radius 1 is 0.613 bits per heavy atom. The number of rotatable bonds is 6. The third kappa shape index (κ3) is 11.5. The fraction of sp³-hybridized carbons (Fsp3) is 0.286. The molecule has 3 rings (SSSR count). The molecule has 0 aromatic heterocycles. The summed E-state index contributed by atoms with van der Waals surface area (Å²) in [4.78, 5) is 12.2. The summed E-state index contributed by atoms with van der Waals surface area (Å²) in [7, 11) is 0. The predicted molar refractivity (Wildman–Crippen MR) is 135 cm³/mol. The highest BCUT2D eigenvalue weighted by Crippen LogP contribution is 2.08. The topological polar surface area (TPSA) is 41.5 Å². The molecule has 3 aromatic carbocycles. The summed E-state index contributed by atoms with van der Waals surface area (Å²) >= 11 is 0. The fourth-order valence-corrected chi connectivity index (χ4v) is 2.58. The van der Waals surface area contributed by atoms with Gasteiger partial charge in [-0.15, -0.1) is 0 Å². The van der Waals surface area contributed by atoms with Gasteiger partial charge in [0.2, 0.25) is 5.91 Å².